The van der Waals surface area contributed by atoms with Crippen molar-refractivity contribution in [1.82, 2.24) is 9.80 Å². The highest BCUT2D eigenvalue weighted by molar-refractivity contribution is 5.94. The van der Waals surface area contributed by atoms with Crippen molar-refractivity contribution in [3.63, 3.8) is 0 Å². The first kappa shape index (κ1) is 14.0. The normalized spacial score (nSPS) is 19.5. The number of rotatable bonds is 2. The second kappa shape index (κ2) is 5.31. The van der Waals surface area contributed by atoms with Crippen molar-refractivity contribution in [1.29, 1.82) is 0 Å². The zero-order valence-corrected chi connectivity index (χ0v) is 12.0. The Bertz CT molecular complexity index is 453. The van der Waals surface area contributed by atoms with Crippen LogP contribution >= 0.6 is 0 Å². The molecule has 0 aromatic heterocycles. The number of amides is 1. The lowest BCUT2D eigenvalue weighted by Gasteiger charge is -2.45. The minimum absolute atomic E-state index is 0.0328. The highest BCUT2D eigenvalue weighted by Crippen LogP contribution is 2.20. The summed E-state index contributed by atoms with van der Waals surface area (Å²) in [4.78, 5) is 16.7. The third-order valence-corrected chi connectivity index (χ3v) is 4.04. The fraction of sp³-hybridized carbons (Fsp3) is 0.533. The summed E-state index contributed by atoms with van der Waals surface area (Å²) in [6.45, 7) is 7.32. The zero-order valence-electron chi connectivity index (χ0n) is 12.0. The van der Waals surface area contributed by atoms with Gasteiger partial charge in [-0.2, -0.15) is 0 Å². The van der Waals surface area contributed by atoms with Crippen LogP contribution in [0.1, 0.15) is 29.8 Å². The van der Waals surface area contributed by atoms with E-state index in [0.29, 0.717) is 6.54 Å². The predicted octanol–water partition coefficient (Wildman–Crippen LogP) is 1.31. The highest BCUT2D eigenvalue weighted by atomic mass is 16.2. The first-order valence-corrected chi connectivity index (χ1v) is 6.73. The maximum atomic E-state index is 12.5. The van der Waals surface area contributed by atoms with Crippen molar-refractivity contribution in [3.8, 4) is 0 Å². The number of likely N-dealkylation sites (N-methyl/N-ethyl adjacent to an activating group) is 1. The summed E-state index contributed by atoms with van der Waals surface area (Å²) in [7, 11) is 2.11. The van der Waals surface area contributed by atoms with Crippen molar-refractivity contribution in [2.24, 2.45) is 5.73 Å². The molecule has 2 rings (SSSR count). The van der Waals surface area contributed by atoms with E-state index >= 15 is 0 Å². The van der Waals surface area contributed by atoms with Crippen LogP contribution < -0.4 is 5.73 Å². The molecule has 104 valence electrons. The second-order valence-corrected chi connectivity index (χ2v) is 5.86. The molecule has 0 unspecified atom stereocenters. The third kappa shape index (κ3) is 2.96. The summed E-state index contributed by atoms with van der Waals surface area (Å²) in [6, 6.07) is 7.59. The molecular formula is C15H23N3O. The van der Waals surface area contributed by atoms with Gasteiger partial charge >= 0.3 is 0 Å². The molecule has 0 bridgehead atoms. The maximum Gasteiger partial charge on any atom is 0.253 e. The van der Waals surface area contributed by atoms with Crippen molar-refractivity contribution in [3.05, 3.63) is 35.4 Å². The zero-order chi connectivity index (χ0) is 14.0. The molecule has 2 N–H and O–H groups in total. The number of carbonyl (C=O) groups is 1. The number of piperazine rings is 1. The third-order valence-electron chi connectivity index (χ3n) is 4.04. The van der Waals surface area contributed by atoms with E-state index in [9.17, 15) is 4.79 Å². The Balaban J connectivity index is 2.11. The van der Waals surface area contributed by atoms with Crippen molar-refractivity contribution >= 4 is 5.91 Å². The molecule has 1 fully saturated rings. The van der Waals surface area contributed by atoms with E-state index in [4.69, 9.17) is 5.73 Å². The van der Waals surface area contributed by atoms with Crippen LogP contribution in [-0.4, -0.2) is 47.9 Å². The quantitative estimate of drug-likeness (QED) is 0.873. The van der Waals surface area contributed by atoms with E-state index in [1.54, 1.807) is 0 Å². The molecule has 0 spiro atoms. The highest BCUT2D eigenvalue weighted by Gasteiger charge is 2.33. The van der Waals surface area contributed by atoms with Gasteiger partial charge in [-0.1, -0.05) is 12.1 Å². The maximum absolute atomic E-state index is 12.5. The second-order valence-electron chi connectivity index (χ2n) is 5.86. The van der Waals surface area contributed by atoms with Gasteiger partial charge < -0.3 is 10.6 Å². The molecule has 1 aromatic rings. The summed E-state index contributed by atoms with van der Waals surface area (Å²) in [5, 5.41) is 0. The van der Waals surface area contributed by atoms with E-state index in [1.165, 1.54) is 0 Å². The Morgan fingerprint density at radius 1 is 1.26 bits per heavy atom. The standard InChI is InChI=1S/C15H23N3O/c1-15(2)11-18(9-8-17(15)3)14(19)13-6-4-12(10-16)5-7-13/h4-7H,8-11,16H2,1-3H3. The topological polar surface area (TPSA) is 49.6 Å². The number of hydrogen-bond donors (Lipinski definition) is 1. The van der Waals surface area contributed by atoms with E-state index in [2.05, 4.69) is 25.8 Å². The Hall–Kier alpha value is -1.39. The summed E-state index contributed by atoms with van der Waals surface area (Å²) in [5.41, 5.74) is 7.40. The smallest absolute Gasteiger partial charge is 0.253 e. The summed E-state index contributed by atoms with van der Waals surface area (Å²) < 4.78 is 0. The van der Waals surface area contributed by atoms with Crippen LogP contribution in [-0.2, 0) is 6.54 Å². The molecule has 4 nitrogen and oxygen atoms in total. The molecule has 0 saturated carbocycles. The molecule has 1 aliphatic rings. The monoisotopic (exact) mass is 261 g/mol. The van der Waals surface area contributed by atoms with E-state index in [1.807, 2.05) is 29.2 Å². The van der Waals surface area contributed by atoms with Crippen molar-refractivity contribution in [2.75, 3.05) is 26.7 Å². The Morgan fingerprint density at radius 2 is 1.89 bits per heavy atom. The van der Waals surface area contributed by atoms with Gasteiger partial charge in [-0.05, 0) is 38.6 Å². The lowest BCUT2D eigenvalue weighted by Crippen LogP contribution is -2.58. The van der Waals surface area contributed by atoms with Crippen LogP contribution in [0.4, 0.5) is 0 Å². The van der Waals surface area contributed by atoms with Gasteiger partial charge in [-0.3, -0.25) is 9.69 Å². The van der Waals surface area contributed by atoms with Gasteiger partial charge in [0, 0.05) is 37.3 Å². The summed E-state index contributed by atoms with van der Waals surface area (Å²) in [5.74, 6) is 0.116. The van der Waals surface area contributed by atoms with Crippen LogP contribution in [0.15, 0.2) is 24.3 Å². The molecule has 0 radical (unpaired) electrons. The fourth-order valence-corrected chi connectivity index (χ4v) is 2.38. The Labute approximate surface area is 115 Å². The molecule has 4 heteroatoms. The average molecular weight is 261 g/mol. The SMILES string of the molecule is CN1CCN(C(=O)c2ccc(CN)cc2)CC1(C)C. The number of hydrogen-bond acceptors (Lipinski definition) is 3. The molecule has 1 heterocycles. The van der Waals surface area contributed by atoms with Gasteiger partial charge in [0.1, 0.15) is 0 Å². The van der Waals surface area contributed by atoms with Crippen LogP contribution in [0.2, 0.25) is 0 Å². The van der Waals surface area contributed by atoms with E-state index in [-0.39, 0.29) is 11.4 Å². The first-order chi connectivity index (χ1) is 8.94. The lowest BCUT2D eigenvalue weighted by atomic mass is 9.99. The predicted molar refractivity (Wildman–Crippen MR) is 76.9 cm³/mol. The van der Waals surface area contributed by atoms with Crippen molar-refractivity contribution < 1.29 is 4.79 Å². The molecule has 0 atom stereocenters. The summed E-state index contributed by atoms with van der Waals surface area (Å²) in [6.07, 6.45) is 0. The lowest BCUT2D eigenvalue weighted by molar-refractivity contribution is 0.0311. The number of nitrogens with zero attached hydrogens (tertiary/aromatic N) is 2. The van der Waals surface area contributed by atoms with Crippen LogP contribution in [0.5, 0.6) is 0 Å². The average Bonchev–Trinajstić information content (AvgIpc) is 2.41. The molecular weight excluding hydrogens is 238 g/mol. The molecule has 1 aliphatic heterocycles. The molecule has 1 aromatic carbocycles. The van der Waals surface area contributed by atoms with Gasteiger partial charge in [-0.15, -0.1) is 0 Å². The van der Waals surface area contributed by atoms with Crippen molar-refractivity contribution in [2.45, 2.75) is 25.9 Å². The Morgan fingerprint density at radius 3 is 2.42 bits per heavy atom. The van der Waals surface area contributed by atoms with Gasteiger partial charge in [0.05, 0.1) is 0 Å². The van der Waals surface area contributed by atoms with Crippen LogP contribution in [0, 0.1) is 0 Å². The minimum atomic E-state index is 0.0328. The van der Waals surface area contributed by atoms with Gasteiger partial charge in [0.15, 0.2) is 0 Å². The van der Waals surface area contributed by atoms with Gasteiger partial charge in [0.2, 0.25) is 0 Å². The minimum Gasteiger partial charge on any atom is -0.336 e. The molecule has 19 heavy (non-hydrogen) atoms. The molecule has 1 amide bonds. The van der Waals surface area contributed by atoms with E-state index < -0.39 is 0 Å². The summed E-state index contributed by atoms with van der Waals surface area (Å²) >= 11 is 0. The largest absolute Gasteiger partial charge is 0.336 e. The van der Waals surface area contributed by atoms with Gasteiger partial charge in [-0.25, -0.2) is 0 Å². The molecule has 1 saturated heterocycles. The Kier molecular flexibility index (Phi) is 3.92. The fourth-order valence-electron chi connectivity index (χ4n) is 2.38. The number of carbonyl (C=O) groups excluding carboxylic acids is 1. The number of nitrogens with two attached hydrogens (primary N) is 1. The van der Waals surface area contributed by atoms with Crippen LogP contribution in [0.3, 0.4) is 0 Å². The number of benzene rings is 1. The first-order valence-electron chi connectivity index (χ1n) is 6.73. The van der Waals surface area contributed by atoms with E-state index in [0.717, 1.165) is 30.8 Å². The van der Waals surface area contributed by atoms with Gasteiger partial charge in [0.25, 0.3) is 5.91 Å². The van der Waals surface area contributed by atoms with Crippen LogP contribution in [0.25, 0.3) is 0 Å². The molecule has 0 aliphatic carbocycles.